The van der Waals surface area contributed by atoms with Crippen LogP contribution in [0.5, 0.6) is 0 Å². The van der Waals surface area contributed by atoms with Gasteiger partial charge >= 0.3 is 6.09 Å². The van der Waals surface area contributed by atoms with E-state index in [1.165, 1.54) is 11.3 Å². The molecule has 1 aromatic rings. The first-order valence-corrected chi connectivity index (χ1v) is 10.5. The molecule has 0 saturated carbocycles. The van der Waals surface area contributed by atoms with E-state index < -0.39 is 0 Å². The highest BCUT2D eigenvalue weighted by Gasteiger charge is 2.24. The van der Waals surface area contributed by atoms with Gasteiger partial charge in [0.25, 0.3) is 0 Å². The molecule has 1 amide bonds. The third kappa shape index (κ3) is 6.90. The molecule has 1 aromatic carbocycles. The minimum absolute atomic E-state index is 0. The summed E-state index contributed by atoms with van der Waals surface area (Å²) in [4.78, 5) is 20.4. The molecule has 0 aliphatic carbocycles. The molecule has 8 nitrogen and oxygen atoms in total. The Morgan fingerprint density at radius 3 is 2.57 bits per heavy atom. The normalized spacial score (nSPS) is 17.9. The van der Waals surface area contributed by atoms with E-state index in [0.717, 1.165) is 45.1 Å². The van der Waals surface area contributed by atoms with E-state index in [1.807, 2.05) is 6.92 Å². The monoisotopic (exact) mass is 531 g/mol. The fraction of sp³-hybridized carbons (Fsp3) is 0.619. The molecule has 0 spiro atoms. The second-order valence-corrected chi connectivity index (χ2v) is 7.26. The number of piperidine rings is 1. The number of amides is 1. The zero-order valence-corrected chi connectivity index (χ0v) is 20.3. The minimum atomic E-state index is -0.215. The number of halogens is 1. The Kier molecular flexibility index (Phi) is 10.5. The molecule has 2 saturated heterocycles. The van der Waals surface area contributed by atoms with E-state index in [1.54, 1.807) is 11.9 Å². The van der Waals surface area contributed by atoms with E-state index in [4.69, 9.17) is 9.47 Å². The highest BCUT2D eigenvalue weighted by molar-refractivity contribution is 14.0. The van der Waals surface area contributed by atoms with Crippen molar-refractivity contribution in [3.8, 4) is 0 Å². The topological polar surface area (TPSA) is 78.4 Å². The summed E-state index contributed by atoms with van der Waals surface area (Å²) >= 11 is 0. The molecule has 2 N–H and O–H groups in total. The van der Waals surface area contributed by atoms with Crippen molar-refractivity contribution in [1.82, 2.24) is 15.5 Å². The van der Waals surface area contributed by atoms with E-state index >= 15 is 0 Å². The third-order valence-corrected chi connectivity index (χ3v) is 5.38. The molecule has 0 atom stereocenters. The quantitative estimate of drug-likeness (QED) is 0.346. The second-order valence-electron chi connectivity index (χ2n) is 7.26. The smallest absolute Gasteiger partial charge is 0.409 e. The van der Waals surface area contributed by atoms with Gasteiger partial charge in [0.05, 0.1) is 19.8 Å². The van der Waals surface area contributed by atoms with Crippen LogP contribution >= 0.6 is 24.0 Å². The van der Waals surface area contributed by atoms with Crippen LogP contribution in [0.15, 0.2) is 29.3 Å². The number of nitrogens with zero attached hydrogens (tertiary/aromatic N) is 3. The third-order valence-electron chi connectivity index (χ3n) is 5.38. The molecule has 2 aliphatic rings. The number of anilines is 1. The molecule has 2 heterocycles. The molecule has 168 valence electrons. The first-order chi connectivity index (χ1) is 14.2. The summed E-state index contributed by atoms with van der Waals surface area (Å²) in [6.07, 6.45) is 1.54. The van der Waals surface area contributed by atoms with Gasteiger partial charge in [-0.25, -0.2) is 4.79 Å². The van der Waals surface area contributed by atoms with Crippen LogP contribution in [0.2, 0.25) is 0 Å². The molecule has 0 aromatic heterocycles. The zero-order valence-electron chi connectivity index (χ0n) is 17.9. The van der Waals surface area contributed by atoms with Crippen LogP contribution in [0.4, 0.5) is 10.5 Å². The molecule has 0 unspecified atom stereocenters. The highest BCUT2D eigenvalue weighted by atomic mass is 127. The Labute approximate surface area is 196 Å². The van der Waals surface area contributed by atoms with E-state index in [2.05, 4.69) is 44.8 Å². The standard InChI is InChI=1S/C21H33N5O3.HI/c1-3-29-21(27)26-10-8-18(9-11-26)24-20(22-2)23-16-17-6-4-5-7-19(17)25-12-14-28-15-13-25;/h4-7,18H,3,8-16H2,1-2H3,(H2,22,23,24);1H. The first kappa shape index (κ1) is 24.5. The predicted octanol–water partition coefficient (Wildman–Crippen LogP) is 2.43. The van der Waals surface area contributed by atoms with Crippen molar-refractivity contribution in [3.63, 3.8) is 0 Å². The van der Waals surface area contributed by atoms with Crippen molar-refractivity contribution in [2.24, 2.45) is 4.99 Å². The average Bonchev–Trinajstić information content (AvgIpc) is 2.78. The number of nitrogens with one attached hydrogen (secondary N) is 2. The van der Waals surface area contributed by atoms with Crippen LogP contribution < -0.4 is 15.5 Å². The van der Waals surface area contributed by atoms with Gasteiger partial charge in [0, 0.05) is 51.5 Å². The number of carbonyl (C=O) groups is 1. The van der Waals surface area contributed by atoms with Gasteiger partial charge in [-0.15, -0.1) is 24.0 Å². The lowest BCUT2D eigenvalue weighted by atomic mass is 10.1. The van der Waals surface area contributed by atoms with Crippen molar-refractivity contribution >= 4 is 41.7 Å². The molecule has 3 rings (SSSR count). The van der Waals surface area contributed by atoms with Crippen molar-refractivity contribution in [2.45, 2.75) is 32.4 Å². The van der Waals surface area contributed by atoms with Crippen molar-refractivity contribution in [1.29, 1.82) is 0 Å². The van der Waals surface area contributed by atoms with Crippen LogP contribution in [0.1, 0.15) is 25.3 Å². The summed E-state index contributed by atoms with van der Waals surface area (Å²) in [6, 6.07) is 8.77. The zero-order chi connectivity index (χ0) is 20.5. The van der Waals surface area contributed by atoms with Crippen LogP contribution in [0, 0.1) is 0 Å². The first-order valence-electron chi connectivity index (χ1n) is 10.5. The molecule has 2 fully saturated rings. The van der Waals surface area contributed by atoms with Gasteiger partial charge < -0.3 is 29.9 Å². The van der Waals surface area contributed by atoms with E-state index in [9.17, 15) is 4.79 Å². The Bertz CT molecular complexity index is 689. The largest absolute Gasteiger partial charge is 0.450 e. The number of benzene rings is 1. The number of ether oxygens (including phenoxy) is 2. The number of likely N-dealkylation sites (tertiary alicyclic amines) is 1. The predicted molar refractivity (Wildman–Crippen MR) is 130 cm³/mol. The van der Waals surface area contributed by atoms with Gasteiger partial charge in [-0.05, 0) is 31.4 Å². The highest BCUT2D eigenvalue weighted by Crippen LogP contribution is 2.21. The minimum Gasteiger partial charge on any atom is -0.450 e. The van der Waals surface area contributed by atoms with E-state index in [-0.39, 0.29) is 30.1 Å². The fourth-order valence-electron chi connectivity index (χ4n) is 3.76. The van der Waals surface area contributed by atoms with Gasteiger partial charge in [0.1, 0.15) is 0 Å². The number of morpholine rings is 1. The summed E-state index contributed by atoms with van der Waals surface area (Å²) in [7, 11) is 1.79. The van der Waals surface area contributed by atoms with Crippen molar-refractivity contribution in [2.75, 3.05) is 57.9 Å². The van der Waals surface area contributed by atoms with Crippen LogP contribution in [-0.2, 0) is 16.0 Å². The summed E-state index contributed by atoms with van der Waals surface area (Å²) in [6.45, 7) is 7.74. The summed E-state index contributed by atoms with van der Waals surface area (Å²) in [5.41, 5.74) is 2.50. The maximum absolute atomic E-state index is 11.8. The lowest BCUT2D eigenvalue weighted by molar-refractivity contribution is 0.0963. The summed E-state index contributed by atoms with van der Waals surface area (Å²) in [5.74, 6) is 0.788. The fourth-order valence-corrected chi connectivity index (χ4v) is 3.76. The molecular formula is C21H34IN5O3. The molecule has 9 heteroatoms. The SMILES string of the molecule is CCOC(=O)N1CCC(NC(=NC)NCc2ccccc2N2CCOCC2)CC1.I. The van der Waals surface area contributed by atoms with Crippen molar-refractivity contribution < 1.29 is 14.3 Å². The summed E-state index contributed by atoms with van der Waals surface area (Å²) in [5, 5.41) is 6.94. The Balaban J connectivity index is 0.00000320. The second kappa shape index (κ2) is 12.8. The van der Waals surface area contributed by atoms with Crippen LogP contribution in [-0.4, -0.2) is 76.0 Å². The van der Waals surface area contributed by atoms with Gasteiger partial charge in [-0.2, -0.15) is 0 Å². The van der Waals surface area contributed by atoms with Crippen LogP contribution in [0.25, 0.3) is 0 Å². The number of hydrogen-bond donors (Lipinski definition) is 2. The Hall–Kier alpha value is -1.75. The van der Waals surface area contributed by atoms with Gasteiger partial charge in [0.2, 0.25) is 0 Å². The molecule has 0 bridgehead atoms. The van der Waals surface area contributed by atoms with Gasteiger partial charge in [-0.1, -0.05) is 18.2 Å². The van der Waals surface area contributed by atoms with Gasteiger partial charge in [0.15, 0.2) is 5.96 Å². The molecular weight excluding hydrogens is 497 g/mol. The Morgan fingerprint density at radius 2 is 1.90 bits per heavy atom. The lowest BCUT2D eigenvalue weighted by Gasteiger charge is -2.32. The van der Waals surface area contributed by atoms with Crippen molar-refractivity contribution in [3.05, 3.63) is 29.8 Å². The molecule has 2 aliphatic heterocycles. The summed E-state index contributed by atoms with van der Waals surface area (Å²) < 4.78 is 10.6. The van der Waals surface area contributed by atoms with E-state index in [0.29, 0.717) is 32.3 Å². The number of aliphatic imine (C=N–C) groups is 1. The number of rotatable bonds is 5. The lowest BCUT2D eigenvalue weighted by Crippen LogP contribution is -2.49. The maximum atomic E-state index is 11.8. The Morgan fingerprint density at radius 1 is 1.20 bits per heavy atom. The average molecular weight is 531 g/mol. The number of hydrogen-bond acceptors (Lipinski definition) is 5. The van der Waals surface area contributed by atoms with Crippen LogP contribution in [0.3, 0.4) is 0 Å². The van der Waals surface area contributed by atoms with Gasteiger partial charge in [-0.3, -0.25) is 4.99 Å². The number of guanidine groups is 1. The molecule has 30 heavy (non-hydrogen) atoms. The number of para-hydroxylation sites is 1. The number of carbonyl (C=O) groups excluding carboxylic acids is 1. The molecule has 0 radical (unpaired) electrons. The maximum Gasteiger partial charge on any atom is 0.409 e.